The standard InChI is InChI=1S/C15H20N2O2/c1-15(9-19-10-15)8-16-12-7-14(18)17(2)13-6-4-3-5-11(12)13/h3-6,12,16H,7-10H2,1-2H3. The molecule has 2 aliphatic heterocycles. The number of hydrogen-bond donors (Lipinski definition) is 1. The fraction of sp³-hybridized carbons (Fsp3) is 0.533. The summed E-state index contributed by atoms with van der Waals surface area (Å²) in [6.45, 7) is 4.72. The van der Waals surface area contributed by atoms with Gasteiger partial charge in [0.05, 0.1) is 13.2 Å². The number of carbonyl (C=O) groups is 1. The van der Waals surface area contributed by atoms with Crippen molar-refractivity contribution < 1.29 is 9.53 Å². The maximum absolute atomic E-state index is 12.0. The molecule has 3 rings (SSSR count). The van der Waals surface area contributed by atoms with Gasteiger partial charge in [-0.2, -0.15) is 0 Å². The molecule has 102 valence electrons. The number of amides is 1. The molecule has 0 radical (unpaired) electrons. The Morgan fingerprint density at radius 1 is 1.42 bits per heavy atom. The molecule has 0 bridgehead atoms. The Morgan fingerprint density at radius 2 is 2.16 bits per heavy atom. The first-order valence-electron chi connectivity index (χ1n) is 6.76. The summed E-state index contributed by atoms with van der Waals surface area (Å²) >= 11 is 0. The van der Waals surface area contributed by atoms with Crippen LogP contribution in [0.4, 0.5) is 5.69 Å². The number of nitrogens with zero attached hydrogens (tertiary/aromatic N) is 1. The Labute approximate surface area is 113 Å². The average molecular weight is 260 g/mol. The van der Waals surface area contributed by atoms with Gasteiger partial charge in [0.1, 0.15) is 0 Å². The summed E-state index contributed by atoms with van der Waals surface area (Å²) in [6, 6.07) is 8.25. The number of carbonyl (C=O) groups excluding carboxylic acids is 1. The van der Waals surface area contributed by atoms with Gasteiger partial charge in [-0.25, -0.2) is 0 Å². The van der Waals surface area contributed by atoms with Crippen molar-refractivity contribution >= 4 is 11.6 Å². The largest absolute Gasteiger partial charge is 0.380 e. The lowest BCUT2D eigenvalue weighted by Crippen LogP contribution is -2.49. The van der Waals surface area contributed by atoms with E-state index in [4.69, 9.17) is 4.74 Å². The Kier molecular flexibility index (Phi) is 3.07. The molecule has 0 aromatic heterocycles. The van der Waals surface area contributed by atoms with Crippen LogP contribution in [-0.4, -0.2) is 32.7 Å². The van der Waals surface area contributed by atoms with Crippen LogP contribution < -0.4 is 10.2 Å². The van der Waals surface area contributed by atoms with Gasteiger partial charge in [-0.3, -0.25) is 4.79 Å². The van der Waals surface area contributed by atoms with Crippen LogP contribution in [0.2, 0.25) is 0 Å². The first-order valence-corrected chi connectivity index (χ1v) is 6.76. The molecule has 0 saturated carbocycles. The van der Waals surface area contributed by atoms with Crippen molar-refractivity contribution in [2.45, 2.75) is 19.4 Å². The van der Waals surface area contributed by atoms with Crippen LogP contribution in [-0.2, 0) is 9.53 Å². The van der Waals surface area contributed by atoms with E-state index in [-0.39, 0.29) is 17.4 Å². The number of hydrogen-bond acceptors (Lipinski definition) is 3. The van der Waals surface area contributed by atoms with Crippen molar-refractivity contribution in [3.8, 4) is 0 Å². The number of rotatable bonds is 3. The summed E-state index contributed by atoms with van der Waals surface area (Å²) in [5.74, 6) is 0.172. The van der Waals surface area contributed by atoms with Gasteiger partial charge in [0.25, 0.3) is 0 Å². The lowest BCUT2D eigenvalue weighted by atomic mass is 9.87. The third kappa shape index (κ3) is 2.26. The zero-order valence-electron chi connectivity index (χ0n) is 11.5. The maximum atomic E-state index is 12.0. The van der Waals surface area contributed by atoms with Gasteiger partial charge in [0, 0.05) is 37.2 Å². The van der Waals surface area contributed by atoms with Crippen LogP contribution in [0.25, 0.3) is 0 Å². The van der Waals surface area contributed by atoms with E-state index >= 15 is 0 Å². The van der Waals surface area contributed by atoms with E-state index in [1.807, 2.05) is 25.2 Å². The Hall–Kier alpha value is -1.39. The van der Waals surface area contributed by atoms with Gasteiger partial charge < -0.3 is 15.0 Å². The fourth-order valence-electron chi connectivity index (χ4n) is 2.75. The predicted molar refractivity (Wildman–Crippen MR) is 74.1 cm³/mol. The number of fused-ring (bicyclic) bond motifs is 1. The molecule has 1 N–H and O–H groups in total. The molecule has 1 atom stereocenters. The van der Waals surface area contributed by atoms with Crippen LogP contribution in [0.5, 0.6) is 0 Å². The Bertz CT molecular complexity index is 497. The summed E-state index contributed by atoms with van der Waals surface area (Å²) in [7, 11) is 1.85. The van der Waals surface area contributed by atoms with Crippen LogP contribution in [0.3, 0.4) is 0 Å². The summed E-state index contributed by atoms with van der Waals surface area (Å²) in [5, 5.41) is 3.54. The molecule has 0 aliphatic carbocycles. The number of nitrogens with one attached hydrogen (secondary N) is 1. The second-order valence-electron chi connectivity index (χ2n) is 5.95. The maximum Gasteiger partial charge on any atom is 0.228 e. The molecule has 1 saturated heterocycles. The summed E-state index contributed by atoms with van der Waals surface area (Å²) in [5.41, 5.74) is 2.46. The average Bonchev–Trinajstić information content (AvgIpc) is 2.39. The van der Waals surface area contributed by atoms with E-state index in [0.29, 0.717) is 6.42 Å². The molecule has 1 aromatic rings. The monoisotopic (exact) mass is 260 g/mol. The van der Waals surface area contributed by atoms with Gasteiger partial charge >= 0.3 is 0 Å². The van der Waals surface area contributed by atoms with E-state index in [1.54, 1.807) is 4.90 Å². The summed E-state index contributed by atoms with van der Waals surface area (Å²) < 4.78 is 5.27. The molecule has 2 aliphatic rings. The molecule has 1 amide bonds. The van der Waals surface area contributed by atoms with Crippen LogP contribution in [0.1, 0.15) is 24.9 Å². The first-order chi connectivity index (χ1) is 9.09. The van der Waals surface area contributed by atoms with Crippen molar-refractivity contribution in [1.82, 2.24) is 5.32 Å². The molecule has 19 heavy (non-hydrogen) atoms. The Morgan fingerprint density at radius 3 is 2.84 bits per heavy atom. The highest BCUT2D eigenvalue weighted by molar-refractivity contribution is 5.96. The number of anilines is 1. The van der Waals surface area contributed by atoms with Crippen molar-refractivity contribution in [3.63, 3.8) is 0 Å². The highest BCUT2D eigenvalue weighted by Gasteiger charge is 2.35. The van der Waals surface area contributed by atoms with Crippen LogP contribution >= 0.6 is 0 Å². The third-order valence-electron chi connectivity index (χ3n) is 4.10. The minimum atomic E-state index is 0.123. The number of ether oxygens (including phenoxy) is 1. The predicted octanol–water partition coefficient (Wildman–Crippen LogP) is 1.72. The second-order valence-corrected chi connectivity index (χ2v) is 5.95. The van der Waals surface area contributed by atoms with Crippen molar-refractivity contribution in [2.75, 3.05) is 31.7 Å². The van der Waals surface area contributed by atoms with Crippen LogP contribution in [0, 0.1) is 5.41 Å². The highest BCUT2D eigenvalue weighted by atomic mass is 16.5. The van der Waals surface area contributed by atoms with E-state index in [1.165, 1.54) is 5.56 Å². The molecule has 1 aromatic carbocycles. The SMILES string of the molecule is CN1C(=O)CC(NCC2(C)COC2)c2ccccc21. The van der Waals surface area contributed by atoms with E-state index in [0.717, 1.165) is 25.4 Å². The van der Waals surface area contributed by atoms with Gasteiger partial charge in [0.15, 0.2) is 0 Å². The smallest absolute Gasteiger partial charge is 0.228 e. The zero-order chi connectivity index (χ0) is 13.5. The quantitative estimate of drug-likeness (QED) is 0.899. The molecule has 0 spiro atoms. The van der Waals surface area contributed by atoms with Gasteiger partial charge in [-0.05, 0) is 11.6 Å². The van der Waals surface area contributed by atoms with Crippen LogP contribution in [0.15, 0.2) is 24.3 Å². The molecular formula is C15H20N2O2. The number of benzene rings is 1. The zero-order valence-corrected chi connectivity index (χ0v) is 11.5. The fourth-order valence-corrected chi connectivity index (χ4v) is 2.75. The van der Waals surface area contributed by atoms with Gasteiger partial charge in [-0.15, -0.1) is 0 Å². The van der Waals surface area contributed by atoms with E-state index in [9.17, 15) is 4.79 Å². The minimum Gasteiger partial charge on any atom is -0.380 e. The van der Waals surface area contributed by atoms with Gasteiger partial charge in [0.2, 0.25) is 5.91 Å². The molecule has 1 unspecified atom stereocenters. The molecule has 1 fully saturated rings. The number of para-hydroxylation sites is 1. The van der Waals surface area contributed by atoms with Crippen molar-refractivity contribution in [3.05, 3.63) is 29.8 Å². The minimum absolute atomic E-state index is 0.123. The lowest BCUT2D eigenvalue weighted by molar-refractivity contribution is -0.119. The lowest BCUT2D eigenvalue weighted by Gasteiger charge is -2.40. The third-order valence-corrected chi connectivity index (χ3v) is 4.10. The van der Waals surface area contributed by atoms with Crippen molar-refractivity contribution in [2.24, 2.45) is 5.41 Å². The Balaban J connectivity index is 1.78. The van der Waals surface area contributed by atoms with E-state index < -0.39 is 0 Å². The summed E-state index contributed by atoms with van der Waals surface area (Å²) in [6.07, 6.45) is 0.532. The summed E-state index contributed by atoms with van der Waals surface area (Å²) in [4.78, 5) is 13.8. The molecule has 4 nitrogen and oxygen atoms in total. The van der Waals surface area contributed by atoms with Gasteiger partial charge in [-0.1, -0.05) is 25.1 Å². The first kappa shape index (κ1) is 12.6. The molecular weight excluding hydrogens is 240 g/mol. The topological polar surface area (TPSA) is 41.6 Å². The van der Waals surface area contributed by atoms with E-state index in [2.05, 4.69) is 18.3 Å². The molecule has 4 heteroatoms. The normalized spacial score (nSPS) is 24.8. The van der Waals surface area contributed by atoms with Crippen molar-refractivity contribution in [1.29, 1.82) is 0 Å². The second kappa shape index (κ2) is 4.62. The highest BCUT2D eigenvalue weighted by Crippen LogP contribution is 2.34. The molecule has 2 heterocycles.